The van der Waals surface area contributed by atoms with Gasteiger partial charge in [0, 0.05) is 23.7 Å². The fourth-order valence-corrected chi connectivity index (χ4v) is 3.20. The Balaban J connectivity index is 1.74. The number of anilines is 1. The number of hydrogen-bond acceptors (Lipinski definition) is 3. The van der Waals surface area contributed by atoms with E-state index in [2.05, 4.69) is 5.32 Å². The maximum absolute atomic E-state index is 12.9. The number of benzene rings is 2. The van der Waals surface area contributed by atoms with Crippen molar-refractivity contribution in [3.8, 4) is 0 Å². The first-order valence-electron chi connectivity index (χ1n) is 8.63. The third-order valence-electron chi connectivity index (χ3n) is 4.64. The highest BCUT2D eigenvalue weighted by Crippen LogP contribution is 2.23. The Labute approximate surface area is 161 Å². The summed E-state index contributed by atoms with van der Waals surface area (Å²) in [4.78, 5) is 38.0. The molecule has 3 rings (SSSR count). The van der Waals surface area contributed by atoms with Crippen LogP contribution in [-0.2, 0) is 4.79 Å². The van der Waals surface area contributed by atoms with Gasteiger partial charge in [0.25, 0.3) is 11.8 Å². The average molecular weight is 387 g/mol. The number of nitrogens with zero attached hydrogens (tertiary/aromatic N) is 1. The monoisotopic (exact) mass is 386 g/mol. The molecule has 1 fully saturated rings. The van der Waals surface area contributed by atoms with Crippen LogP contribution in [0.2, 0.25) is 5.02 Å². The van der Waals surface area contributed by atoms with Crippen LogP contribution in [0.5, 0.6) is 0 Å². The van der Waals surface area contributed by atoms with E-state index in [4.69, 9.17) is 16.7 Å². The van der Waals surface area contributed by atoms with Crippen LogP contribution in [0.4, 0.5) is 5.69 Å². The quantitative estimate of drug-likeness (QED) is 0.841. The van der Waals surface area contributed by atoms with Crippen LogP contribution in [0.15, 0.2) is 48.5 Å². The van der Waals surface area contributed by atoms with Gasteiger partial charge in [-0.1, -0.05) is 23.7 Å². The predicted molar refractivity (Wildman–Crippen MR) is 102 cm³/mol. The summed E-state index contributed by atoms with van der Waals surface area (Å²) in [6, 6.07) is 13.3. The van der Waals surface area contributed by atoms with Gasteiger partial charge >= 0.3 is 5.97 Å². The minimum atomic E-state index is -0.822. The maximum Gasteiger partial charge on any atom is 0.306 e. The van der Waals surface area contributed by atoms with E-state index in [-0.39, 0.29) is 11.8 Å². The third-order valence-corrected chi connectivity index (χ3v) is 4.90. The minimum Gasteiger partial charge on any atom is -0.481 e. The van der Waals surface area contributed by atoms with Crippen LogP contribution in [0.25, 0.3) is 0 Å². The lowest BCUT2D eigenvalue weighted by Gasteiger charge is -2.30. The fraction of sp³-hybridized carbons (Fsp3) is 0.250. The molecule has 0 radical (unpaired) electrons. The summed E-state index contributed by atoms with van der Waals surface area (Å²) in [6.45, 7) is 0.768. The summed E-state index contributed by atoms with van der Waals surface area (Å²) in [5.74, 6) is -1.78. The topological polar surface area (TPSA) is 86.7 Å². The molecule has 140 valence electrons. The van der Waals surface area contributed by atoms with Crippen molar-refractivity contribution in [1.29, 1.82) is 0 Å². The highest BCUT2D eigenvalue weighted by atomic mass is 35.5. The van der Waals surface area contributed by atoms with Crippen molar-refractivity contribution >= 4 is 35.1 Å². The second kappa shape index (κ2) is 8.22. The normalized spacial score (nSPS) is 14.6. The molecule has 2 aromatic rings. The van der Waals surface area contributed by atoms with Crippen molar-refractivity contribution in [3.05, 3.63) is 64.7 Å². The van der Waals surface area contributed by atoms with Crippen molar-refractivity contribution < 1.29 is 19.5 Å². The van der Waals surface area contributed by atoms with Crippen molar-refractivity contribution in [3.63, 3.8) is 0 Å². The second-order valence-electron chi connectivity index (χ2n) is 6.41. The number of para-hydroxylation sites is 1. The molecule has 2 amide bonds. The summed E-state index contributed by atoms with van der Waals surface area (Å²) in [6.07, 6.45) is 0.862. The average Bonchev–Trinajstić information content (AvgIpc) is 2.68. The number of halogens is 1. The number of amides is 2. The molecule has 0 saturated carbocycles. The van der Waals surface area contributed by atoms with Crippen LogP contribution < -0.4 is 5.32 Å². The Morgan fingerprint density at radius 3 is 2.26 bits per heavy atom. The zero-order chi connectivity index (χ0) is 19.4. The Morgan fingerprint density at radius 1 is 1.00 bits per heavy atom. The lowest BCUT2D eigenvalue weighted by molar-refractivity contribution is -0.143. The molecular formula is C20H19ClN2O4. The molecular weight excluding hydrogens is 368 g/mol. The van der Waals surface area contributed by atoms with Crippen molar-refractivity contribution in [1.82, 2.24) is 4.90 Å². The van der Waals surface area contributed by atoms with Crippen molar-refractivity contribution in [2.75, 3.05) is 18.4 Å². The molecule has 1 aliphatic rings. The largest absolute Gasteiger partial charge is 0.481 e. The first-order valence-corrected chi connectivity index (χ1v) is 9.01. The zero-order valence-electron chi connectivity index (χ0n) is 14.5. The molecule has 27 heavy (non-hydrogen) atoms. The van der Waals surface area contributed by atoms with Gasteiger partial charge in [-0.2, -0.15) is 0 Å². The van der Waals surface area contributed by atoms with Gasteiger partial charge in [-0.3, -0.25) is 14.4 Å². The van der Waals surface area contributed by atoms with Crippen LogP contribution >= 0.6 is 11.6 Å². The van der Waals surface area contributed by atoms with Gasteiger partial charge in [-0.05, 0) is 49.2 Å². The van der Waals surface area contributed by atoms with Crippen LogP contribution in [0.3, 0.4) is 0 Å². The summed E-state index contributed by atoms with van der Waals surface area (Å²) >= 11 is 5.84. The van der Waals surface area contributed by atoms with E-state index in [1.807, 2.05) is 0 Å². The van der Waals surface area contributed by atoms with Gasteiger partial charge in [0.2, 0.25) is 0 Å². The number of hydrogen-bond donors (Lipinski definition) is 2. The van der Waals surface area contributed by atoms with Crippen LogP contribution in [-0.4, -0.2) is 40.9 Å². The number of rotatable bonds is 4. The number of carboxylic acids is 1. The van der Waals surface area contributed by atoms with E-state index in [9.17, 15) is 14.4 Å². The molecule has 6 nitrogen and oxygen atoms in total. The van der Waals surface area contributed by atoms with E-state index < -0.39 is 11.9 Å². The van der Waals surface area contributed by atoms with E-state index in [1.54, 1.807) is 53.4 Å². The van der Waals surface area contributed by atoms with E-state index in [0.29, 0.717) is 47.8 Å². The minimum absolute atomic E-state index is 0.217. The third kappa shape index (κ3) is 4.46. The molecule has 1 aliphatic heterocycles. The van der Waals surface area contributed by atoms with Gasteiger partial charge in [-0.15, -0.1) is 0 Å². The highest BCUT2D eigenvalue weighted by Gasteiger charge is 2.28. The Hall–Kier alpha value is -2.86. The number of nitrogens with one attached hydrogen (secondary N) is 1. The van der Waals surface area contributed by atoms with Crippen molar-refractivity contribution in [2.45, 2.75) is 12.8 Å². The highest BCUT2D eigenvalue weighted by molar-refractivity contribution is 6.30. The van der Waals surface area contributed by atoms with Gasteiger partial charge in [0.05, 0.1) is 17.2 Å². The maximum atomic E-state index is 12.9. The molecule has 0 atom stereocenters. The Kier molecular flexibility index (Phi) is 5.76. The van der Waals surface area contributed by atoms with E-state index in [1.165, 1.54) is 0 Å². The molecule has 1 saturated heterocycles. The smallest absolute Gasteiger partial charge is 0.306 e. The van der Waals surface area contributed by atoms with Gasteiger partial charge in [-0.25, -0.2) is 0 Å². The SMILES string of the molecule is O=C(Nc1ccccc1C(=O)N1CCC(C(=O)O)CC1)c1ccc(Cl)cc1. The second-order valence-corrected chi connectivity index (χ2v) is 6.85. The summed E-state index contributed by atoms with van der Waals surface area (Å²) < 4.78 is 0. The van der Waals surface area contributed by atoms with Gasteiger partial charge < -0.3 is 15.3 Å². The molecule has 0 unspecified atom stereocenters. The summed E-state index contributed by atoms with van der Waals surface area (Å²) in [5.41, 5.74) is 1.24. The lowest BCUT2D eigenvalue weighted by atomic mass is 9.96. The predicted octanol–water partition coefficient (Wildman–Crippen LogP) is 3.53. The molecule has 0 aromatic heterocycles. The standard InChI is InChI=1S/C20H19ClN2O4/c21-15-7-5-13(6-8-15)18(24)22-17-4-2-1-3-16(17)19(25)23-11-9-14(10-12-23)20(26)27/h1-8,14H,9-12H2,(H,22,24)(H,26,27). The van der Waals surface area contributed by atoms with Crippen molar-refractivity contribution in [2.24, 2.45) is 5.92 Å². The Bertz CT molecular complexity index is 859. The van der Waals surface area contributed by atoms with Crippen LogP contribution in [0.1, 0.15) is 33.6 Å². The van der Waals surface area contributed by atoms with Gasteiger partial charge in [0.15, 0.2) is 0 Å². The fourth-order valence-electron chi connectivity index (χ4n) is 3.07. The molecule has 0 spiro atoms. The molecule has 2 N–H and O–H groups in total. The van der Waals surface area contributed by atoms with Crippen LogP contribution in [0, 0.1) is 5.92 Å². The first kappa shape index (κ1) is 18.9. The first-order chi connectivity index (χ1) is 13.0. The molecule has 0 bridgehead atoms. The summed E-state index contributed by atoms with van der Waals surface area (Å²) in [5, 5.41) is 12.4. The zero-order valence-corrected chi connectivity index (χ0v) is 15.3. The molecule has 1 heterocycles. The number of carbonyl (C=O) groups is 3. The molecule has 0 aliphatic carbocycles. The number of carboxylic acid groups (broad SMARTS) is 1. The number of aliphatic carboxylic acids is 1. The van der Waals surface area contributed by atoms with E-state index in [0.717, 1.165) is 0 Å². The van der Waals surface area contributed by atoms with Gasteiger partial charge in [0.1, 0.15) is 0 Å². The Morgan fingerprint density at radius 2 is 1.63 bits per heavy atom. The van der Waals surface area contributed by atoms with E-state index >= 15 is 0 Å². The molecule has 2 aromatic carbocycles. The number of likely N-dealkylation sites (tertiary alicyclic amines) is 1. The molecule has 7 heteroatoms. The lowest BCUT2D eigenvalue weighted by Crippen LogP contribution is -2.40. The number of carbonyl (C=O) groups excluding carboxylic acids is 2. The number of piperidine rings is 1. The summed E-state index contributed by atoms with van der Waals surface area (Å²) in [7, 11) is 0.